The number of aryl methyl sites for hydroxylation is 1. The Morgan fingerprint density at radius 2 is 2.11 bits per heavy atom. The van der Waals surface area contributed by atoms with Crippen molar-refractivity contribution in [3.63, 3.8) is 0 Å². The van der Waals surface area contributed by atoms with Crippen molar-refractivity contribution in [2.24, 2.45) is 5.10 Å². The summed E-state index contributed by atoms with van der Waals surface area (Å²) in [5, 5.41) is 7.43. The Balaban J connectivity index is 1.87. The van der Waals surface area contributed by atoms with E-state index in [1.165, 1.54) is 0 Å². The van der Waals surface area contributed by atoms with E-state index in [0.29, 0.717) is 10.9 Å². The highest BCUT2D eigenvalue weighted by Gasteiger charge is 2.01. The van der Waals surface area contributed by atoms with Crippen molar-refractivity contribution >= 4 is 45.2 Å². The topological polar surface area (TPSA) is 49.6 Å². The van der Waals surface area contributed by atoms with E-state index in [-0.39, 0.29) is 0 Å². The summed E-state index contributed by atoms with van der Waals surface area (Å²) in [5.74, 6) is 1.46. The van der Waals surface area contributed by atoms with E-state index in [2.05, 4.69) is 31.8 Å². The van der Waals surface area contributed by atoms with Gasteiger partial charge in [-0.15, -0.1) is 0 Å². The molecule has 0 atom stereocenters. The maximum Gasteiger partial charge on any atom is 0.191 e. The van der Waals surface area contributed by atoms with Gasteiger partial charge < -0.3 is 9.73 Å². The van der Waals surface area contributed by atoms with Gasteiger partial charge in [-0.3, -0.25) is 5.43 Å². The third kappa shape index (κ3) is 4.18. The number of benzene rings is 1. The lowest BCUT2D eigenvalue weighted by molar-refractivity contribution is 0.526. The van der Waals surface area contributed by atoms with Gasteiger partial charge in [0.2, 0.25) is 0 Å². The summed E-state index contributed by atoms with van der Waals surface area (Å²) in [6, 6.07) is 11.5. The predicted molar refractivity (Wildman–Crippen MR) is 84.5 cm³/mol. The van der Waals surface area contributed by atoms with E-state index < -0.39 is 0 Å². The van der Waals surface area contributed by atoms with E-state index in [1.54, 1.807) is 6.21 Å². The number of hydrazone groups is 1. The lowest BCUT2D eigenvalue weighted by Crippen LogP contribution is -2.23. The molecule has 19 heavy (non-hydrogen) atoms. The van der Waals surface area contributed by atoms with Crippen molar-refractivity contribution in [2.75, 3.05) is 5.32 Å². The predicted octanol–water partition coefficient (Wildman–Crippen LogP) is 3.67. The molecule has 0 aliphatic rings. The Morgan fingerprint density at radius 1 is 1.37 bits per heavy atom. The van der Waals surface area contributed by atoms with Crippen LogP contribution < -0.4 is 10.7 Å². The van der Waals surface area contributed by atoms with Gasteiger partial charge in [0.15, 0.2) is 5.11 Å². The molecule has 0 bridgehead atoms. The summed E-state index contributed by atoms with van der Waals surface area (Å²) in [4.78, 5) is 0. The first kappa shape index (κ1) is 13.8. The summed E-state index contributed by atoms with van der Waals surface area (Å²) in [6.07, 6.45) is 1.57. The fourth-order valence-electron chi connectivity index (χ4n) is 1.38. The maximum atomic E-state index is 5.41. The number of halogens is 1. The first-order valence-electron chi connectivity index (χ1n) is 5.56. The van der Waals surface area contributed by atoms with Crippen LogP contribution in [0.4, 0.5) is 5.69 Å². The van der Waals surface area contributed by atoms with Gasteiger partial charge in [0.1, 0.15) is 11.5 Å². The first-order valence-corrected chi connectivity index (χ1v) is 6.76. The Morgan fingerprint density at radius 3 is 2.74 bits per heavy atom. The summed E-state index contributed by atoms with van der Waals surface area (Å²) in [6.45, 7) is 1.87. The third-order valence-electron chi connectivity index (χ3n) is 2.27. The number of anilines is 1. The zero-order valence-corrected chi connectivity index (χ0v) is 12.6. The molecule has 0 radical (unpaired) electrons. The van der Waals surface area contributed by atoms with E-state index in [1.807, 2.05) is 43.3 Å². The number of nitrogens with zero attached hydrogens (tertiary/aromatic N) is 1. The van der Waals surface area contributed by atoms with E-state index in [4.69, 9.17) is 16.6 Å². The summed E-state index contributed by atoms with van der Waals surface area (Å²) in [5.41, 5.74) is 3.63. The summed E-state index contributed by atoms with van der Waals surface area (Å²) >= 11 is 8.47. The standard InChI is InChI=1S/C13H12BrN3OS/c1-9-12(14)7-11(18-9)8-15-17-13(19)16-10-5-3-2-4-6-10/h2-8H,1H3,(H2,16,17,19)/b15-8+. The number of para-hydroxylation sites is 1. The van der Waals surface area contributed by atoms with E-state index in [0.717, 1.165) is 15.9 Å². The molecule has 98 valence electrons. The van der Waals surface area contributed by atoms with Crippen LogP contribution in [0.25, 0.3) is 0 Å². The van der Waals surface area contributed by atoms with Crippen molar-refractivity contribution in [2.45, 2.75) is 6.92 Å². The van der Waals surface area contributed by atoms with Crippen molar-refractivity contribution < 1.29 is 4.42 Å². The largest absolute Gasteiger partial charge is 0.459 e. The normalized spacial score (nSPS) is 10.6. The second-order valence-electron chi connectivity index (χ2n) is 3.74. The molecule has 0 spiro atoms. The number of hydrogen-bond acceptors (Lipinski definition) is 3. The average molecular weight is 338 g/mol. The highest BCUT2D eigenvalue weighted by Crippen LogP contribution is 2.18. The highest BCUT2D eigenvalue weighted by atomic mass is 79.9. The third-order valence-corrected chi connectivity index (χ3v) is 3.25. The van der Waals surface area contributed by atoms with Crippen LogP contribution in [-0.4, -0.2) is 11.3 Å². The molecule has 4 nitrogen and oxygen atoms in total. The van der Waals surface area contributed by atoms with Crippen LogP contribution in [0.3, 0.4) is 0 Å². The molecule has 0 fully saturated rings. The van der Waals surface area contributed by atoms with Crippen molar-refractivity contribution in [3.05, 3.63) is 52.4 Å². The maximum absolute atomic E-state index is 5.41. The Kier molecular flexibility index (Phi) is 4.70. The Bertz CT molecular complexity index is 576. The van der Waals surface area contributed by atoms with Crippen LogP contribution in [0.5, 0.6) is 0 Å². The molecule has 1 aromatic heterocycles. The molecule has 2 N–H and O–H groups in total. The van der Waals surface area contributed by atoms with Crippen LogP contribution in [0.1, 0.15) is 11.5 Å². The van der Waals surface area contributed by atoms with Crippen molar-refractivity contribution in [1.29, 1.82) is 0 Å². The quantitative estimate of drug-likeness (QED) is 0.509. The average Bonchev–Trinajstić information content (AvgIpc) is 2.70. The molecule has 0 amide bonds. The van der Waals surface area contributed by atoms with E-state index >= 15 is 0 Å². The molecule has 0 aliphatic heterocycles. The van der Waals surface area contributed by atoms with Crippen molar-refractivity contribution in [1.82, 2.24) is 5.43 Å². The number of nitrogens with one attached hydrogen (secondary N) is 2. The first-order chi connectivity index (χ1) is 9.15. The lowest BCUT2D eigenvalue weighted by Gasteiger charge is -2.05. The van der Waals surface area contributed by atoms with Gasteiger partial charge in [-0.1, -0.05) is 18.2 Å². The molecular weight excluding hydrogens is 326 g/mol. The molecule has 0 unspecified atom stereocenters. The lowest BCUT2D eigenvalue weighted by atomic mass is 10.3. The van der Waals surface area contributed by atoms with Gasteiger partial charge >= 0.3 is 0 Å². The molecule has 2 aromatic rings. The molecule has 0 saturated heterocycles. The molecular formula is C13H12BrN3OS. The second-order valence-corrected chi connectivity index (χ2v) is 5.01. The smallest absolute Gasteiger partial charge is 0.191 e. The number of thiocarbonyl (C=S) groups is 1. The summed E-state index contributed by atoms with van der Waals surface area (Å²) < 4.78 is 6.33. The zero-order valence-electron chi connectivity index (χ0n) is 10.2. The minimum absolute atomic E-state index is 0.421. The van der Waals surface area contributed by atoms with Crippen molar-refractivity contribution in [3.8, 4) is 0 Å². The Hall–Kier alpha value is -1.66. The number of rotatable bonds is 3. The van der Waals surface area contributed by atoms with Crippen LogP contribution in [-0.2, 0) is 0 Å². The molecule has 1 heterocycles. The fraction of sp³-hybridized carbons (Fsp3) is 0.0769. The molecule has 1 aromatic carbocycles. The van der Waals surface area contributed by atoms with Gasteiger partial charge in [0.05, 0.1) is 10.7 Å². The van der Waals surface area contributed by atoms with Crippen LogP contribution in [0.2, 0.25) is 0 Å². The highest BCUT2D eigenvalue weighted by molar-refractivity contribution is 9.10. The van der Waals surface area contributed by atoms with Crippen LogP contribution in [0, 0.1) is 6.92 Å². The summed E-state index contributed by atoms with van der Waals surface area (Å²) in [7, 11) is 0. The van der Waals surface area contributed by atoms with E-state index in [9.17, 15) is 0 Å². The molecule has 0 aliphatic carbocycles. The van der Waals surface area contributed by atoms with Gasteiger partial charge in [-0.2, -0.15) is 5.10 Å². The number of furan rings is 1. The molecule has 0 saturated carbocycles. The Labute approximate surface area is 125 Å². The van der Waals surface area contributed by atoms with Gasteiger partial charge in [0, 0.05) is 11.8 Å². The monoisotopic (exact) mass is 337 g/mol. The zero-order chi connectivity index (χ0) is 13.7. The fourth-order valence-corrected chi connectivity index (χ4v) is 1.86. The van der Waals surface area contributed by atoms with Gasteiger partial charge in [-0.05, 0) is 47.2 Å². The SMILES string of the molecule is Cc1oc(/C=N/NC(=S)Nc2ccccc2)cc1Br. The molecule has 2 rings (SSSR count). The molecule has 6 heteroatoms. The minimum atomic E-state index is 0.421. The number of hydrogen-bond donors (Lipinski definition) is 2. The van der Waals surface area contributed by atoms with Crippen LogP contribution >= 0.6 is 28.1 Å². The van der Waals surface area contributed by atoms with Gasteiger partial charge in [0.25, 0.3) is 0 Å². The second kappa shape index (κ2) is 6.49. The minimum Gasteiger partial charge on any atom is -0.459 e. The van der Waals surface area contributed by atoms with Gasteiger partial charge in [-0.25, -0.2) is 0 Å². The van der Waals surface area contributed by atoms with Crippen LogP contribution in [0.15, 0.2) is 50.4 Å².